The quantitative estimate of drug-likeness (QED) is 0.885. The third kappa shape index (κ3) is 2.46. The van der Waals surface area contributed by atoms with Gasteiger partial charge in [-0.05, 0) is 18.2 Å². The van der Waals surface area contributed by atoms with Crippen molar-refractivity contribution in [1.29, 1.82) is 0 Å². The van der Waals surface area contributed by atoms with Crippen LogP contribution in [0, 0.1) is 0 Å². The molecule has 0 spiro atoms. The summed E-state index contributed by atoms with van der Waals surface area (Å²) in [5, 5.41) is 9.63. The number of phenols is 1. The van der Waals surface area contributed by atoms with Gasteiger partial charge in [-0.3, -0.25) is 0 Å². The van der Waals surface area contributed by atoms with Gasteiger partial charge in [-0.25, -0.2) is 4.98 Å². The van der Waals surface area contributed by atoms with Crippen molar-refractivity contribution in [2.24, 2.45) is 0 Å². The minimum atomic E-state index is 0.281. The maximum absolute atomic E-state index is 9.63. The second-order valence-electron chi connectivity index (χ2n) is 3.10. The van der Waals surface area contributed by atoms with Crippen LogP contribution in [-0.2, 0) is 0 Å². The number of ether oxygens (including phenoxy) is 1. The summed E-state index contributed by atoms with van der Waals surface area (Å²) in [5.41, 5.74) is 0. The zero-order chi connectivity index (χ0) is 11.4. The molecule has 0 saturated heterocycles. The highest BCUT2D eigenvalue weighted by molar-refractivity contribution is 7.99. The van der Waals surface area contributed by atoms with E-state index in [9.17, 15) is 5.11 Å². The molecule has 0 aliphatic carbocycles. The Balaban J connectivity index is 2.24. The van der Waals surface area contributed by atoms with E-state index in [0.29, 0.717) is 5.88 Å². The van der Waals surface area contributed by atoms with E-state index in [1.807, 2.05) is 24.3 Å². The summed E-state index contributed by atoms with van der Waals surface area (Å²) in [5.74, 6) is 0.851. The molecule has 0 aliphatic heterocycles. The van der Waals surface area contributed by atoms with Crippen molar-refractivity contribution in [3.63, 3.8) is 0 Å². The van der Waals surface area contributed by atoms with Crippen LogP contribution in [0.3, 0.4) is 0 Å². The number of pyridine rings is 1. The molecule has 4 heteroatoms. The molecule has 0 aliphatic rings. The standard InChI is InChI=1S/C12H11NO2S/c1-15-12-8-9(6-7-13-12)16-11-5-3-2-4-10(11)14/h2-8,14H,1H3. The Labute approximate surface area is 98.1 Å². The second kappa shape index (κ2) is 4.90. The number of hydrogen-bond donors (Lipinski definition) is 1. The van der Waals surface area contributed by atoms with Gasteiger partial charge in [0, 0.05) is 17.2 Å². The molecule has 1 aromatic carbocycles. The lowest BCUT2D eigenvalue weighted by atomic mass is 10.3. The van der Waals surface area contributed by atoms with Gasteiger partial charge in [-0.1, -0.05) is 23.9 Å². The Morgan fingerprint density at radius 3 is 2.81 bits per heavy atom. The van der Waals surface area contributed by atoms with Gasteiger partial charge in [0.1, 0.15) is 5.75 Å². The van der Waals surface area contributed by atoms with Crippen LogP contribution in [0.25, 0.3) is 0 Å². The average Bonchev–Trinajstić information content (AvgIpc) is 2.32. The van der Waals surface area contributed by atoms with Gasteiger partial charge in [0.15, 0.2) is 0 Å². The Morgan fingerprint density at radius 2 is 2.06 bits per heavy atom. The lowest BCUT2D eigenvalue weighted by Gasteiger charge is -2.04. The van der Waals surface area contributed by atoms with Gasteiger partial charge in [0.05, 0.1) is 12.0 Å². The minimum absolute atomic E-state index is 0.281. The van der Waals surface area contributed by atoms with Gasteiger partial charge in [-0.15, -0.1) is 0 Å². The molecule has 0 fully saturated rings. The molecular formula is C12H11NO2S. The number of para-hydroxylation sites is 1. The van der Waals surface area contributed by atoms with Gasteiger partial charge in [0.2, 0.25) is 5.88 Å². The number of aromatic nitrogens is 1. The molecule has 0 radical (unpaired) electrons. The molecule has 0 bridgehead atoms. The highest BCUT2D eigenvalue weighted by Gasteiger charge is 2.03. The smallest absolute Gasteiger partial charge is 0.214 e. The van der Waals surface area contributed by atoms with Crippen LogP contribution < -0.4 is 4.74 Å². The minimum Gasteiger partial charge on any atom is -0.507 e. The van der Waals surface area contributed by atoms with E-state index in [1.165, 1.54) is 11.8 Å². The predicted octanol–water partition coefficient (Wildman–Crippen LogP) is 2.95. The summed E-state index contributed by atoms with van der Waals surface area (Å²) in [6.45, 7) is 0. The van der Waals surface area contributed by atoms with E-state index in [2.05, 4.69) is 4.98 Å². The molecule has 2 rings (SSSR count). The van der Waals surface area contributed by atoms with E-state index < -0.39 is 0 Å². The average molecular weight is 233 g/mol. The molecule has 0 atom stereocenters. The van der Waals surface area contributed by atoms with Gasteiger partial charge in [0.25, 0.3) is 0 Å². The van der Waals surface area contributed by atoms with Crippen LogP contribution in [0.15, 0.2) is 52.4 Å². The number of phenolic OH excluding ortho intramolecular Hbond substituents is 1. The third-order valence-corrected chi connectivity index (χ3v) is 3.06. The number of hydrogen-bond acceptors (Lipinski definition) is 4. The number of benzene rings is 1. The molecule has 1 N–H and O–H groups in total. The first-order chi connectivity index (χ1) is 7.79. The fraction of sp³-hybridized carbons (Fsp3) is 0.0833. The molecule has 1 aromatic heterocycles. The molecule has 16 heavy (non-hydrogen) atoms. The summed E-state index contributed by atoms with van der Waals surface area (Å²) in [6.07, 6.45) is 1.68. The van der Waals surface area contributed by atoms with Crippen LogP contribution >= 0.6 is 11.8 Å². The van der Waals surface area contributed by atoms with Crippen molar-refractivity contribution in [1.82, 2.24) is 4.98 Å². The van der Waals surface area contributed by atoms with E-state index in [1.54, 1.807) is 25.4 Å². The molecular weight excluding hydrogens is 222 g/mol. The summed E-state index contributed by atoms with van der Waals surface area (Å²) in [7, 11) is 1.58. The first kappa shape index (κ1) is 10.8. The number of methoxy groups -OCH3 is 1. The Hall–Kier alpha value is -1.68. The number of aromatic hydroxyl groups is 1. The lowest BCUT2D eigenvalue weighted by Crippen LogP contribution is -1.86. The molecule has 2 aromatic rings. The van der Waals surface area contributed by atoms with Crippen molar-refractivity contribution in [3.05, 3.63) is 42.6 Å². The van der Waals surface area contributed by atoms with Crippen molar-refractivity contribution >= 4 is 11.8 Å². The topological polar surface area (TPSA) is 42.4 Å². The van der Waals surface area contributed by atoms with Crippen LogP contribution in [0.1, 0.15) is 0 Å². The van der Waals surface area contributed by atoms with Crippen LogP contribution in [0.5, 0.6) is 11.6 Å². The van der Waals surface area contributed by atoms with Crippen molar-refractivity contribution in [2.75, 3.05) is 7.11 Å². The van der Waals surface area contributed by atoms with Crippen molar-refractivity contribution in [3.8, 4) is 11.6 Å². The summed E-state index contributed by atoms with van der Waals surface area (Å²) < 4.78 is 5.04. The Bertz CT molecular complexity index is 488. The highest BCUT2D eigenvalue weighted by atomic mass is 32.2. The van der Waals surface area contributed by atoms with E-state index in [-0.39, 0.29) is 5.75 Å². The maximum Gasteiger partial charge on any atom is 0.214 e. The third-order valence-electron chi connectivity index (χ3n) is 2.01. The normalized spacial score (nSPS) is 10.1. The van der Waals surface area contributed by atoms with Crippen LogP contribution in [0.2, 0.25) is 0 Å². The predicted molar refractivity (Wildman–Crippen MR) is 63.0 cm³/mol. The van der Waals surface area contributed by atoms with Crippen molar-refractivity contribution < 1.29 is 9.84 Å². The summed E-state index contributed by atoms with van der Waals surface area (Å²) in [4.78, 5) is 5.82. The van der Waals surface area contributed by atoms with Crippen LogP contribution in [0.4, 0.5) is 0 Å². The molecule has 1 heterocycles. The van der Waals surface area contributed by atoms with E-state index in [0.717, 1.165) is 9.79 Å². The first-order valence-electron chi connectivity index (χ1n) is 4.75. The number of nitrogens with zero attached hydrogens (tertiary/aromatic N) is 1. The van der Waals surface area contributed by atoms with Gasteiger partial charge >= 0.3 is 0 Å². The van der Waals surface area contributed by atoms with Crippen molar-refractivity contribution in [2.45, 2.75) is 9.79 Å². The lowest BCUT2D eigenvalue weighted by molar-refractivity contribution is 0.396. The van der Waals surface area contributed by atoms with Gasteiger partial charge < -0.3 is 9.84 Å². The fourth-order valence-electron chi connectivity index (χ4n) is 1.24. The Kier molecular flexibility index (Phi) is 3.31. The zero-order valence-corrected chi connectivity index (χ0v) is 9.57. The summed E-state index contributed by atoms with van der Waals surface area (Å²) >= 11 is 1.47. The maximum atomic E-state index is 9.63. The molecule has 0 amide bonds. The molecule has 0 saturated carbocycles. The molecule has 82 valence electrons. The second-order valence-corrected chi connectivity index (χ2v) is 4.22. The largest absolute Gasteiger partial charge is 0.507 e. The number of rotatable bonds is 3. The first-order valence-corrected chi connectivity index (χ1v) is 5.57. The zero-order valence-electron chi connectivity index (χ0n) is 8.75. The SMILES string of the molecule is COc1cc(Sc2ccccc2O)ccn1. The Morgan fingerprint density at radius 1 is 1.25 bits per heavy atom. The molecule has 0 unspecified atom stereocenters. The van der Waals surface area contributed by atoms with E-state index >= 15 is 0 Å². The monoisotopic (exact) mass is 233 g/mol. The highest BCUT2D eigenvalue weighted by Crippen LogP contribution is 2.34. The van der Waals surface area contributed by atoms with Crippen LogP contribution in [-0.4, -0.2) is 17.2 Å². The van der Waals surface area contributed by atoms with Gasteiger partial charge in [-0.2, -0.15) is 0 Å². The molecule has 3 nitrogen and oxygen atoms in total. The fourth-order valence-corrected chi connectivity index (χ4v) is 2.10. The van der Waals surface area contributed by atoms with E-state index in [4.69, 9.17) is 4.74 Å². The summed E-state index contributed by atoms with van der Waals surface area (Å²) in [6, 6.07) is 10.9.